The second-order valence-electron chi connectivity index (χ2n) is 8.82. The zero-order valence-corrected chi connectivity index (χ0v) is 17.2. The van der Waals surface area contributed by atoms with Crippen LogP contribution in [-0.2, 0) is 20.7 Å². The van der Waals surface area contributed by atoms with Gasteiger partial charge in [-0.1, -0.05) is 30.3 Å². The highest BCUT2D eigenvalue weighted by molar-refractivity contribution is 5.77. The number of nitrogens with zero attached hydrogens (tertiary/aromatic N) is 2. The number of rotatable bonds is 4. The number of hydrogen-bond acceptors (Lipinski definition) is 4. The standard InChI is InChI=1S/C22H32N2O4/c1-22(2,3)28-21(26)23-11-9-18(10-12-23)14-20(25)24-16-27-15-19(24)13-17-7-5-4-6-8-17/h4-8,18-19H,9-16H2,1-3H3. The van der Waals surface area contributed by atoms with Crippen molar-refractivity contribution in [2.45, 2.75) is 58.1 Å². The number of hydrogen-bond donors (Lipinski definition) is 0. The van der Waals surface area contributed by atoms with Gasteiger partial charge in [-0.2, -0.15) is 0 Å². The molecule has 0 aromatic heterocycles. The molecule has 1 unspecified atom stereocenters. The Bertz CT molecular complexity index is 663. The molecule has 1 aromatic rings. The maximum atomic E-state index is 12.9. The Balaban J connectivity index is 1.47. The van der Waals surface area contributed by atoms with Gasteiger partial charge < -0.3 is 19.3 Å². The molecule has 2 heterocycles. The number of carbonyl (C=O) groups is 2. The van der Waals surface area contributed by atoms with Gasteiger partial charge in [-0.25, -0.2) is 4.79 Å². The van der Waals surface area contributed by atoms with Crippen LogP contribution in [0.3, 0.4) is 0 Å². The van der Waals surface area contributed by atoms with E-state index in [1.807, 2.05) is 43.9 Å². The van der Waals surface area contributed by atoms with Crippen molar-refractivity contribution in [3.8, 4) is 0 Å². The number of piperidine rings is 1. The number of ether oxygens (including phenoxy) is 2. The van der Waals surface area contributed by atoms with Gasteiger partial charge in [0.2, 0.25) is 5.91 Å². The topological polar surface area (TPSA) is 59.1 Å². The van der Waals surface area contributed by atoms with E-state index in [9.17, 15) is 9.59 Å². The lowest BCUT2D eigenvalue weighted by molar-refractivity contribution is -0.134. The molecular formula is C22H32N2O4. The van der Waals surface area contributed by atoms with Crippen molar-refractivity contribution in [1.29, 1.82) is 0 Å². The Hall–Kier alpha value is -2.08. The molecule has 1 aromatic carbocycles. The summed E-state index contributed by atoms with van der Waals surface area (Å²) in [5.41, 5.74) is 0.745. The van der Waals surface area contributed by atoms with Crippen LogP contribution in [0.2, 0.25) is 0 Å². The third-order valence-corrected chi connectivity index (χ3v) is 5.35. The highest BCUT2D eigenvalue weighted by atomic mass is 16.6. The molecule has 2 aliphatic heterocycles. The Labute approximate surface area is 167 Å². The van der Waals surface area contributed by atoms with Gasteiger partial charge in [0.05, 0.1) is 12.6 Å². The summed E-state index contributed by atoms with van der Waals surface area (Å²) < 4.78 is 11.0. The van der Waals surface area contributed by atoms with Gasteiger partial charge in [0.1, 0.15) is 12.3 Å². The molecule has 2 fully saturated rings. The average molecular weight is 389 g/mol. The van der Waals surface area contributed by atoms with Crippen molar-refractivity contribution in [2.75, 3.05) is 26.4 Å². The van der Waals surface area contributed by atoms with Crippen LogP contribution in [0.5, 0.6) is 0 Å². The summed E-state index contributed by atoms with van der Waals surface area (Å²) in [6.07, 6.45) is 2.76. The number of likely N-dealkylation sites (tertiary alicyclic amines) is 1. The molecule has 0 N–H and O–H groups in total. The molecular weight excluding hydrogens is 356 g/mol. The summed E-state index contributed by atoms with van der Waals surface area (Å²) in [4.78, 5) is 28.7. The first-order valence-electron chi connectivity index (χ1n) is 10.2. The van der Waals surface area contributed by atoms with Crippen LogP contribution in [0.4, 0.5) is 4.79 Å². The van der Waals surface area contributed by atoms with Gasteiger partial charge in [0.25, 0.3) is 0 Å². The predicted octanol–water partition coefficient (Wildman–Crippen LogP) is 3.45. The van der Waals surface area contributed by atoms with Crippen molar-refractivity contribution >= 4 is 12.0 Å². The summed E-state index contributed by atoms with van der Waals surface area (Å²) in [6.45, 7) is 7.90. The van der Waals surface area contributed by atoms with E-state index >= 15 is 0 Å². The smallest absolute Gasteiger partial charge is 0.410 e. The van der Waals surface area contributed by atoms with Gasteiger partial charge in [-0.15, -0.1) is 0 Å². The van der Waals surface area contributed by atoms with E-state index in [4.69, 9.17) is 9.47 Å². The van der Waals surface area contributed by atoms with Crippen LogP contribution in [0, 0.1) is 5.92 Å². The zero-order chi connectivity index (χ0) is 20.1. The summed E-state index contributed by atoms with van der Waals surface area (Å²) >= 11 is 0. The van der Waals surface area contributed by atoms with Gasteiger partial charge in [0, 0.05) is 19.5 Å². The van der Waals surface area contributed by atoms with Crippen molar-refractivity contribution in [1.82, 2.24) is 9.80 Å². The fourth-order valence-corrected chi connectivity index (χ4v) is 3.82. The highest BCUT2D eigenvalue weighted by Crippen LogP contribution is 2.25. The van der Waals surface area contributed by atoms with E-state index in [0.717, 1.165) is 19.3 Å². The molecule has 0 spiro atoms. The van der Waals surface area contributed by atoms with Crippen molar-refractivity contribution in [3.05, 3.63) is 35.9 Å². The largest absolute Gasteiger partial charge is 0.444 e. The SMILES string of the molecule is CC(C)(C)OC(=O)N1CCC(CC(=O)N2COCC2Cc2ccccc2)CC1. The van der Waals surface area contributed by atoms with E-state index in [0.29, 0.717) is 38.8 Å². The van der Waals surface area contributed by atoms with E-state index in [1.165, 1.54) is 5.56 Å². The minimum absolute atomic E-state index is 0.108. The molecule has 6 heteroatoms. The molecule has 28 heavy (non-hydrogen) atoms. The van der Waals surface area contributed by atoms with Crippen molar-refractivity contribution in [3.63, 3.8) is 0 Å². The molecule has 2 saturated heterocycles. The van der Waals surface area contributed by atoms with Crippen LogP contribution in [0.25, 0.3) is 0 Å². The summed E-state index contributed by atoms with van der Waals surface area (Å²) in [6, 6.07) is 10.3. The average Bonchev–Trinajstić information content (AvgIpc) is 3.10. The van der Waals surface area contributed by atoms with Crippen LogP contribution in [0.1, 0.15) is 45.6 Å². The molecule has 0 aliphatic carbocycles. The van der Waals surface area contributed by atoms with Crippen LogP contribution >= 0.6 is 0 Å². The van der Waals surface area contributed by atoms with Crippen LogP contribution < -0.4 is 0 Å². The fraction of sp³-hybridized carbons (Fsp3) is 0.636. The van der Waals surface area contributed by atoms with Crippen molar-refractivity contribution < 1.29 is 19.1 Å². The third-order valence-electron chi connectivity index (χ3n) is 5.35. The molecule has 154 valence electrons. The number of carbonyl (C=O) groups excluding carboxylic acids is 2. The van der Waals surface area contributed by atoms with Crippen LogP contribution in [-0.4, -0.2) is 59.9 Å². The van der Waals surface area contributed by atoms with E-state index in [2.05, 4.69) is 12.1 Å². The van der Waals surface area contributed by atoms with E-state index in [-0.39, 0.29) is 18.0 Å². The van der Waals surface area contributed by atoms with E-state index in [1.54, 1.807) is 4.90 Å². The van der Waals surface area contributed by atoms with Gasteiger partial charge in [-0.05, 0) is 51.5 Å². The minimum Gasteiger partial charge on any atom is -0.444 e. The molecule has 2 amide bonds. The van der Waals surface area contributed by atoms with Gasteiger partial charge in [-0.3, -0.25) is 4.79 Å². The van der Waals surface area contributed by atoms with Crippen molar-refractivity contribution in [2.24, 2.45) is 5.92 Å². The van der Waals surface area contributed by atoms with Gasteiger partial charge >= 0.3 is 6.09 Å². The summed E-state index contributed by atoms with van der Waals surface area (Å²) in [7, 11) is 0. The second-order valence-corrected chi connectivity index (χ2v) is 8.82. The number of amides is 2. The Kier molecular flexibility index (Phi) is 6.60. The monoisotopic (exact) mass is 388 g/mol. The first-order valence-corrected chi connectivity index (χ1v) is 10.2. The lowest BCUT2D eigenvalue weighted by Crippen LogP contribution is -2.43. The second kappa shape index (κ2) is 8.95. The quantitative estimate of drug-likeness (QED) is 0.793. The first-order chi connectivity index (χ1) is 13.3. The minimum atomic E-state index is -0.479. The molecule has 0 saturated carbocycles. The zero-order valence-electron chi connectivity index (χ0n) is 17.2. The molecule has 0 radical (unpaired) electrons. The number of benzene rings is 1. The molecule has 2 aliphatic rings. The van der Waals surface area contributed by atoms with Gasteiger partial charge in [0.15, 0.2) is 0 Å². The Morgan fingerprint density at radius 1 is 1.14 bits per heavy atom. The maximum Gasteiger partial charge on any atom is 0.410 e. The third kappa shape index (κ3) is 5.71. The van der Waals surface area contributed by atoms with E-state index < -0.39 is 5.60 Å². The summed E-state index contributed by atoms with van der Waals surface area (Å²) in [5.74, 6) is 0.471. The first kappa shape index (κ1) is 20.6. The lowest BCUT2D eigenvalue weighted by Gasteiger charge is -2.34. The Morgan fingerprint density at radius 3 is 2.46 bits per heavy atom. The molecule has 6 nitrogen and oxygen atoms in total. The Morgan fingerprint density at radius 2 is 1.82 bits per heavy atom. The maximum absolute atomic E-state index is 12.9. The molecule has 1 atom stereocenters. The normalized spacial score (nSPS) is 21.0. The highest BCUT2D eigenvalue weighted by Gasteiger charge is 2.33. The predicted molar refractivity (Wildman–Crippen MR) is 107 cm³/mol. The molecule has 0 bridgehead atoms. The molecule has 3 rings (SSSR count). The lowest BCUT2D eigenvalue weighted by atomic mass is 9.93. The summed E-state index contributed by atoms with van der Waals surface area (Å²) in [5, 5.41) is 0. The van der Waals surface area contributed by atoms with Crippen LogP contribution in [0.15, 0.2) is 30.3 Å². The fourth-order valence-electron chi connectivity index (χ4n) is 3.82.